The van der Waals surface area contributed by atoms with Crippen LogP contribution in [-0.2, 0) is 6.54 Å². The molecule has 1 aromatic heterocycles. The number of carbonyl (C=O) groups excluding carboxylic acids is 1. The van der Waals surface area contributed by atoms with Gasteiger partial charge in [-0.15, -0.1) is 0 Å². The van der Waals surface area contributed by atoms with Gasteiger partial charge in [0.15, 0.2) is 5.69 Å². The van der Waals surface area contributed by atoms with Crippen molar-refractivity contribution in [2.75, 3.05) is 0 Å². The van der Waals surface area contributed by atoms with Crippen LogP contribution >= 0.6 is 0 Å². The maximum Gasteiger partial charge on any atom is 0.269 e. The molecule has 1 aliphatic rings. The lowest BCUT2D eigenvalue weighted by atomic mass is 10.1. The maximum atomic E-state index is 10.8. The third-order valence-corrected chi connectivity index (χ3v) is 1.76. The van der Waals surface area contributed by atoms with Crippen LogP contribution in [0.5, 0.6) is 0 Å². The Labute approximate surface area is 68.6 Å². The summed E-state index contributed by atoms with van der Waals surface area (Å²) in [6.45, 7) is 0.659. The molecule has 62 valence electrons. The molecule has 0 aliphatic carbocycles. The van der Waals surface area contributed by atoms with Gasteiger partial charge < -0.3 is 11.1 Å². The van der Waals surface area contributed by atoms with E-state index in [2.05, 4.69) is 15.5 Å². The Morgan fingerprint density at radius 1 is 1.67 bits per heavy atom. The molecule has 2 rings (SSSR count). The van der Waals surface area contributed by atoms with E-state index in [0.717, 1.165) is 11.3 Å². The number of nitrogens with one attached hydrogen (secondary N) is 2. The van der Waals surface area contributed by atoms with Crippen LogP contribution < -0.4 is 11.1 Å². The van der Waals surface area contributed by atoms with E-state index in [1.165, 1.54) is 0 Å². The van der Waals surface area contributed by atoms with Gasteiger partial charge in [-0.2, -0.15) is 5.10 Å². The van der Waals surface area contributed by atoms with Crippen LogP contribution in [0.2, 0.25) is 0 Å². The Bertz CT molecular complexity index is 352. The standard InChI is InChI=1S/C7H8N4O/c8-7(12)6-4-1-2-9-3-5(4)10-11-6/h1-2,9H,3H2,(H2,8,12)(H,10,11). The van der Waals surface area contributed by atoms with E-state index in [1.807, 2.05) is 0 Å². The van der Waals surface area contributed by atoms with Crippen LogP contribution in [0.1, 0.15) is 21.7 Å². The van der Waals surface area contributed by atoms with Crippen LogP contribution in [0, 0.1) is 0 Å². The second kappa shape index (κ2) is 2.37. The molecule has 2 heterocycles. The fourth-order valence-corrected chi connectivity index (χ4v) is 1.19. The Hall–Kier alpha value is -1.78. The summed E-state index contributed by atoms with van der Waals surface area (Å²) in [6, 6.07) is 0. The molecule has 0 aromatic carbocycles. The average Bonchev–Trinajstić information content (AvgIpc) is 2.47. The molecule has 0 unspecified atom stereocenters. The third-order valence-electron chi connectivity index (χ3n) is 1.76. The summed E-state index contributed by atoms with van der Waals surface area (Å²) >= 11 is 0. The number of hydrogen-bond acceptors (Lipinski definition) is 3. The van der Waals surface area contributed by atoms with Gasteiger partial charge in [0.05, 0.1) is 12.2 Å². The van der Waals surface area contributed by atoms with Crippen molar-refractivity contribution in [2.24, 2.45) is 5.73 Å². The fourth-order valence-electron chi connectivity index (χ4n) is 1.19. The van der Waals surface area contributed by atoms with Gasteiger partial charge in [-0.3, -0.25) is 9.89 Å². The van der Waals surface area contributed by atoms with Crippen molar-refractivity contribution < 1.29 is 4.79 Å². The zero-order valence-electron chi connectivity index (χ0n) is 6.29. The van der Waals surface area contributed by atoms with Gasteiger partial charge in [-0.05, 0) is 12.3 Å². The first-order valence-electron chi connectivity index (χ1n) is 3.56. The highest BCUT2D eigenvalue weighted by Gasteiger charge is 2.16. The van der Waals surface area contributed by atoms with Crippen molar-refractivity contribution >= 4 is 12.0 Å². The zero-order chi connectivity index (χ0) is 8.55. The summed E-state index contributed by atoms with van der Waals surface area (Å²) < 4.78 is 0. The minimum absolute atomic E-state index is 0.308. The number of nitrogens with two attached hydrogens (primary N) is 1. The molecule has 0 bridgehead atoms. The summed E-state index contributed by atoms with van der Waals surface area (Å²) in [5, 5.41) is 9.54. The number of hydrogen-bond donors (Lipinski definition) is 3. The second-order valence-electron chi connectivity index (χ2n) is 2.54. The van der Waals surface area contributed by atoms with E-state index in [4.69, 9.17) is 5.73 Å². The van der Waals surface area contributed by atoms with Crippen LogP contribution in [0.15, 0.2) is 6.20 Å². The zero-order valence-corrected chi connectivity index (χ0v) is 6.29. The molecular formula is C7H8N4O. The van der Waals surface area contributed by atoms with Crippen LogP contribution in [0.25, 0.3) is 6.08 Å². The molecule has 0 saturated heterocycles. The molecule has 0 saturated carbocycles. The smallest absolute Gasteiger partial charge is 0.269 e. The highest BCUT2D eigenvalue weighted by molar-refractivity contribution is 5.95. The quantitative estimate of drug-likeness (QED) is 0.527. The van der Waals surface area contributed by atoms with Gasteiger partial charge in [0.1, 0.15) is 0 Å². The number of aromatic nitrogens is 2. The number of fused-ring (bicyclic) bond motifs is 1. The Morgan fingerprint density at radius 3 is 3.25 bits per heavy atom. The number of rotatable bonds is 1. The van der Waals surface area contributed by atoms with Crippen LogP contribution in [0.3, 0.4) is 0 Å². The second-order valence-corrected chi connectivity index (χ2v) is 2.54. The monoisotopic (exact) mass is 164 g/mol. The topological polar surface area (TPSA) is 83.8 Å². The minimum Gasteiger partial charge on any atom is -0.385 e. The summed E-state index contributed by atoms with van der Waals surface area (Å²) in [7, 11) is 0. The largest absolute Gasteiger partial charge is 0.385 e. The predicted molar refractivity (Wildman–Crippen MR) is 43.0 cm³/mol. The molecule has 0 fully saturated rings. The van der Waals surface area contributed by atoms with Gasteiger partial charge in [0.2, 0.25) is 0 Å². The maximum absolute atomic E-state index is 10.8. The number of H-pyrrole nitrogens is 1. The molecule has 0 spiro atoms. The van der Waals surface area contributed by atoms with Crippen molar-refractivity contribution in [3.8, 4) is 0 Å². The van der Waals surface area contributed by atoms with Crippen molar-refractivity contribution in [1.29, 1.82) is 0 Å². The molecule has 12 heavy (non-hydrogen) atoms. The summed E-state index contributed by atoms with van der Waals surface area (Å²) in [6.07, 6.45) is 3.55. The molecule has 0 radical (unpaired) electrons. The molecule has 5 heteroatoms. The summed E-state index contributed by atoms with van der Waals surface area (Å²) in [5.41, 5.74) is 7.10. The first-order chi connectivity index (χ1) is 5.79. The fraction of sp³-hybridized carbons (Fsp3) is 0.143. The molecule has 5 nitrogen and oxygen atoms in total. The Balaban J connectivity index is 2.54. The molecular weight excluding hydrogens is 156 g/mol. The van der Waals surface area contributed by atoms with Crippen molar-refractivity contribution in [3.05, 3.63) is 23.2 Å². The Kier molecular flexibility index (Phi) is 1.36. The van der Waals surface area contributed by atoms with E-state index in [1.54, 1.807) is 12.3 Å². The van der Waals surface area contributed by atoms with Crippen molar-refractivity contribution in [1.82, 2.24) is 15.5 Å². The number of aromatic amines is 1. The molecule has 0 atom stereocenters. The minimum atomic E-state index is -0.501. The average molecular weight is 164 g/mol. The molecule has 4 N–H and O–H groups in total. The van der Waals surface area contributed by atoms with E-state index in [-0.39, 0.29) is 0 Å². The third kappa shape index (κ3) is 0.868. The van der Waals surface area contributed by atoms with Gasteiger partial charge in [0.25, 0.3) is 5.91 Å². The van der Waals surface area contributed by atoms with Crippen molar-refractivity contribution in [3.63, 3.8) is 0 Å². The number of primary amides is 1. The van der Waals surface area contributed by atoms with Gasteiger partial charge in [-0.25, -0.2) is 0 Å². The lowest BCUT2D eigenvalue weighted by Gasteiger charge is -2.05. The van der Waals surface area contributed by atoms with Gasteiger partial charge in [0, 0.05) is 5.56 Å². The van der Waals surface area contributed by atoms with Crippen LogP contribution in [-0.4, -0.2) is 16.1 Å². The molecule has 1 aliphatic heterocycles. The summed E-state index contributed by atoms with van der Waals surface area (Å²) in [5.74, 6) is -0.501. The van der Waals surface area contributed by atoms with E-state index >= 15 is 0 Å². The highest BCUT2D eigenvalue weighted by atomic mass is 16.1. The van der Waals surface area contributed by atoms with E-state index in [9.17, 15) is 4.79 Å². The first kappa shape index (κ1) is 6.90. The lowest BCUT2D eigenvalue weighted by molar-refractivity contribution is 0.0995. The van der Waals surface area contributed by atoms with Crippen molar-refractivity contribution in [2.45, 2.75) is 6.54 Å². The number of amides is 1. The van der Waals surface area contributed by atoms with E-state index < -0.39 is 5.91 Å². The highest BCUT2D eigenvalue weighted by Crippen LogP contribution is 2.15. The van der Waals surface area contributed by atoms with E-state index in [0.29, 0.717) is 12.2 Å². The number of carbonyl (C=O) groups is 1. The Morgan fingerprint density at radius 2 is 2.50 bits per heavy atom. The lowest BCUT2D eigenvalue weighted by Crippen LogP contribution is -2.15. The molecule has 1 aromatic rings. The van der Waals surface area contributed by atoms with Gasteiger partial charge in [-0.1, -0.05) is 0 Å². The summed E-state index contributed by atoms with van der Waals surface area (Å²) in [4.78, 5) is 10.8. The molecule has 1 amide bonds. The normalized spacial score (nSPS) is 13.7. The SMILES string of the molecule is NC(=O)c1n[nH]c2c1C=CNC2. The first-order valence-corrected chi connectivity index (χ1v) is 3.56. The number of nitrogens with zero attached hydrogens (tertiary/aromatic N) is 1. The van der Waals surface area contributed by atoms with Crippen LogP contribution in [0.4, 0.5) is 0 Å². The predicted octanol–water partition coefficient (Wildman–Crippen LogP) is -0.418. The van der Waals surface area contributed by atoms with Gasteiger partial charge >= 0.3 is 0 Å².